The van der Waals surface area contributed by atoms with Crippen LogP contribution >= 0.6 is 0 Å². The smallest absolute Gasteiger partial charge is 0.252 e. The third-order valence-electron chi connectivity index (χ3n) is 3.76. The highest BCUT2D eigenvalue weighted by atomic mass is 16.5. The van der Waals surface area contributed by atoms with Crippen LogP contribution in [-0.2, 0) is 4.79 Å². The van der Waals surface area contributed by atoms with Crippen molar-refractivity contribution in [3.05, 3.63) is 42.0 Å². The van der Waals surface area contributed by atoms with Crippen LogP contribution in [0.5, 0.6) is 5.75 Å². The highest BCUT2D eigenvalue weighted by molar-refractivity contribution is 6.09. The number of rotatable bonds is 6. The lowest BCUT2D eigenvalue weighted by Crippen LogP contribution is -2.52. The van der Waals surface area contributed by atoms with Crippen molar-refractivity contribution in [1.82, 2.24) is 10.6 Å². The molecule has 2 aromatic carbocycles. The van der Waals surface area contributed by atoms with Crippen LogP contribution in [0, 0.1) is 12.3 Å². The molecule has 3 N–H and O–H groups in total. The molecule has 2 rings (SSSR count). The maximum absolute atomic E-state index is 12.7. The fraction of sp³-hybridized carbons (Fsp3) is 0.263. The number of hydrogen-bond acceptors (Lipinski definition) is 4. The molecule has 0 spiro atoms. The first-order valence-electron chi connectivity index (χ1n) is 7.75. The van der Waals surface area contributed by atoms with E-state index in [9.17, 15) is 14.7 Å². The second-order valence-electron chi connectivity index (χ2n) is 5.47. The molecule has 0 aromatic heterocycles. The molecular formula is C19H20N2O4. The maximum atomic E-state index is 12.7. The number of aliphatic hydroxyl groups is 1. The molecule has 0 radical (unpaired) electrons. The van der Waals surface area contributed by atoms with E-state index < -0.39 is 24.0 Å². The maximum Gasteiger partial charge on any atom is 0.252 e. The minimum absolute atomic E-state index is 0.0173. The van der Waals surface area contributed by atoms with Crippen LogP contribution < -0.4 is 15.4 Å². The van der Waals surface area contributed by atoms with E-state index in [0.717, 1.165) is 5.39 Å². The second kappa shape index (κ2) is 8.18. The van der Waals surface area contributed by atoms with E-state index in [1.807, 2.05) is 18.2 Å². The summed E-state index contributed by atoms with van der Waals surface area (Å²) >= 11 is 0. The molecular weight excluding hydrogens is 320 g/mol. The molecule has 2 amide bonds. The number of benzene rings is 2. The second-order valence-corrected chi connectivity index (χ2v) is 5.47. The van der Waals surface area contributed by atoms with Gasteiger partial charge in [0.05, 0.1) is 19.8 Å². The Morgan fingerprint density at radius 2 is 1.92 bits per heavy atom. The summed E-state index contributed by atoms with van der Waals surface area (Å²) in [4.78, 5) is 24.7. The van der Waals surface area contributed by atoms with Crippen LogP contribution in [0.3, 0.4) is 0 Å². The monoisotopic (exact) mass is 340 g/mol. The molecule has 0 aliphatic carbocycles. The molecule has 0 fully saturated rings. The molecule has 0 aliphatic heterocycles. The molecule has 6 heteroatoms. The molecule has 25 heavy (non-hydrogen) atoms. The summed E-state index contributed by atoms with van der Waals surface area (Å²) in [5.41, 5.74) is 0.381. The lowest BCUT2D eigenvalue weighted by Gasteiger charge is -2.21. The fourth-order valence-electron chi connectivity index (χ4n) is 2.52. The quantitative estimate of drug-likeness (QED) is 0.687. The van der Waals surface area contributed by atoms with E-state index in [2.05, 4.69) is 16.6 Å². The summed E-state index contributed by atoms with van der Waals surface area (Å²) < 4.78 is 5.31. The minimum Gasteiger partial charge on any atom is -0.496 e. The van der Waals surface area contributed by atoms with Crippen molar-refractivity contribution in [2.24, 2.45) is 0 Å². The normalized spacial score (nSPS) is 12.7. The molecule has 130 valence electrons. The van der Waals surface area contributed by atoms with Crippen LogP contribution in [0.25, 0.3) is 10.8 Å². The van der Waals surface area contributed by atoms with Gasteiger partial charge in [-0.2, -0.15) is 0 Å². The van der Waals surface area contributed by atoms with Crippen molar-refractivity contribution >= 4 is 22.6 Å². The zero-order chi connectivity index (χ0) is 18.4. The molecule has 0 unspecified atom stereocenters. The fourth-order valence-corrected chi connectivity index (χ4v) is 2.52. The van der Waals surface area contributed by atoms with E-state index in [1.54, 1.807) is 25.3 Å². The van der Waals surface area contributed by atoms with Gasteiger partial charge in [-0.1, -0.05) is 30.2 Å². The van der Waals surface area contributed by atoms with Crippen molar-refractivity contribution in [3.8, 4) is 18.1 Å². The van der Waals surface area contributed by atoms with Crippen molar-refractivity contribution in [3.63, 3.8) is 0 Å². The molecule has 0 saturated carbocycles. The van der Waals surface area contributed by atoms with Crippen LogP contribution in [0.15, 0.2) is 36.4 Å². The van der Waals surface area contributed by atoms with Gasteiger partial charge < -0.3 is 20.5 Å². The SMILES string of the molecule is C#CCNC(=O)[C@@H](NC(=O)c1ccc(OC)c2ccccc12)[C@@H](C)O. The van der Waals surface area contributed by atoms with Crippen LogP contribution in [0.4, 0.5) is 0 Å². The van der Waals surface area contributed by atoms with Crippen LogP contribution in [0.1, 0.15) is 17.3 Å². The predicted octanol–water partition coefficient (Wildman–Crippen LogP) is 1.08. The molecule has 0 heterocycles. The van der Waals surface area contributed by atoms with Gasteiger partial charge in [-0.3, -0.25) is 9.59 Å². The number of nitrogens with one attached hydrogen (secondary N) is 2. The summed E-state index contributed by atoms with van der Waals surface area (Å²) in [5.74, 6) is 1.90. The van der Waals surface area contributed by atoms with Gasteiger partial charge in [0.25, 0.3) is 5.91 Å². The van der Waals surface area contributed by atoms with Gasteiger partial charge in [-0.05, 0) is 24.4 Å². The molecule has 0 saturated heterocycles. The third-order valence-corrected chi connectivity index (χ3v) is 3.76. The minimum atomic E-state index is -1.11. The number of amides is 2. The van der Waals surface area contributed by atoms with Gasteiger partial charge in [0.15, 0.2) is 0 Å². The van der Waals surface area contributed by atoms with Gasteiger partial charge >= 0.3 is 0 Å². The van der Waals surface area contributed by atoms with Crippen molar-refractivity contribution < 1.29 is 19.4 Å². The Balaban J connectivity index is 2.32. The van der Waals surface area contributed by atoms with Crippen molar-refractivity contribution in [1.29, 1.82) is 0 Å². The molecule has 0 bridgehead atoms. The van der Waals surface area contributed by atoms with E-state index in [1.165, 1.54) is 6.92 Å². The topological polar surface area (TPSA) is 87.7 Å². The van der Waals surface area contributed by atoms with E-state index in [4.69, 9.17) is 11.2 Å². The zero-order valence-electron chi connectivity index (χ0n) is 14.1. The average molecular weight is 340 g/mol. The summed E-state index contributed by atoms with van der Waals surface area (Å²) in [6.07, 6.45) is 4.03. The first-order chi connectivity index (χ1) is 12.0. The van der Waals surface area contributed by atoms with Gasteiger partial charge in [0, 0.05) is 10.9 Å². The zero-order valence-corrected chi connectivity index (χ0v) is 14.1. The Morgan fingerprint density at radius 3 is 2.52 bits per heavy atom. The van der Waals surface area contributed by atoms with Gasteiger partial charge in [0.1, 0.15) is 11.8 Å². The summed E-state index contributed by atoms with van der Waals surface area (Å²) in [5, 5.41) is 16.3. The highest BCUT2D eigenvalue weighted by Gasteiger charge is 2.26. The van der Waals surface area contributed by atoms with Crippen LogP contribution in [0.2, 0.25) is 0 Å². The van der Waals surface area contributed by atoms with E-state index in [0.29, 0.717) is 16.7 Å². The number of aliphatic hydroxyl groups excluding tert-OH is 1. The average Bonchev–Trinajstić information content (AvgIpc) is 2.62. The van der Waals surface area contributed by atoms with E-state index in [-0.39, 0.29) is 6.54 Å². The third kappa shape index (κ3) is 4.08. The van der Waals surface area contributed by atoms with E-state index >= 15 is 0 Å². The molecule has 2 atom stereocenters. The molecule has 6 nitrogen and oxygen atoms in total. The largest absolute Gasteiger partial charge is 0.496 e. The first kappa shape index (κ1) is 18.3. The number of ether oxygens (including phenoxy) is 1. The predicted molar refractivity (Wildman–Crippen MR) is 95.3 cm³/mol. The summed E-state index contributed by atoms with van der Waals surface area (Å²) in [6, 6.07) is 9.49. The van der Waals surface area contributed by atoms with Crippen molar-refractivity contribution in [2.45, 2.75) is 19.1 Å². The lowest BCUT2D eigenvalue weighted by atomic mass is 10.0. The van der Waals surface area contributed by atoms with Gasteiger partial charge in [-0.25, -0.2) is 0 Å². The van der Waals surface area contributed by atoms with Crippen molar-refractivity contribution in [2.75, 3.05) is 13.7 Å². The number of carbonyl (C=O) groups is 2. The first-order valence-corrected chi connectivity index (χ1v) is 7.75. The Labute approximate surface area is 146 Å². The van der Waals surface area contributed by atoms with Gasteiger partial charge in [-0.15, -0.1) is 6.42 Å². The Morgan fingerprint density at radius 1 is 1.24 bits per heavy atom. The lowest BCUT2D eigenvalue weighted by molar-refractivity contribution is -0.125. The molecule has 0 aliphatic rings. The van der Waals surface area contributed by atoms with Crippen LogP contribution in [-0.4, -0.2) is 42.7 Å². The van der Waals surface area contributed by atoms with Gasteiger partial charge in [0.2, 0.25) is 5.91 Å². The summed E-state index contributed by atoms with van der Waals surface area (Å²) in [7, 11) is 1.56. The number of fused-ring (bicyclic) bond motifs is 1. The number of terminal acetylenes is 1. The summed E-state index contributed by atoms with van der Waals surface area (Å²) in [6.45, 7) is 1.44. The highest BCUT2D eigenvalue weighted by Crippen LogP contribution is 2.28. The molecule has 2 aromatic rings. The Bertz CT molecular complexity index is 824. The number of methoxy groups -OCH3 is 1. The standard InChI is InChI=1S/C19H20N2O4/c1-4-11-20-19(24)17(12(2)22)21-18(23)15-9-10-16(25-3)14-8-6-5-7-13(14)15/h1,5-10,12,17,22H,11H2,2-3H3,(H,20,24)(H,21,23)/t12-,17+/m1/s1. The Kier molecular flexibility index (Phi) is 5.98. The number of carbonyl (C=O) groups excluding carboxylic acids is 2. The Hall–Kier alpha value is -3.04. The number of hydrogen-bond donors (Lipinski definition) is 3.